The minimum absolute atomic E-state index is 0.0818. The number of nitrogens with zero attached hydrogens (tertiary/aromatic N) is 2. The van der Waals surface area contributed by atoms with Crippen LogP contribution in [0.2, 0.25) is 0 Å². The first-order valence-corrected chi connectivity index (χ1v) is 8.64. The summed E-state index contributed by atoms with van der Waals surface area (Å²) >= 11 is 0. The van der Waals surface area contributed by atoms with Crippen molar-refractivity contribution in [3.05, 3.63) is 24.0 Å². The second-order valence-corrected chi connectivity index (χ2v) is 7.05. The minimum Gasteiger partial charge on any atom is -0.468 e. The molecule has 0 saturated heterocycles. The van der Waals surface area contributed by atoms with Gasteiger partial charge in [-0.25, -0.2) is 14.6 Å². The Balaban J connectivity index is 2.27. The van der Waals surface area contributed by atoms with Gasteiger partial charge in [0.25, 0.3) is 0 Å². The zero-order valence-corrected chi connectivity index (χ0v) is 16.4. The fourth-order valence-corrected chi connectivity index (χ4v) is 2.52. The Kier molecular flexibility index (Phi) is 6.60. The van der Waals surface area contributed by atoms with Crippen LogP contribution in [0.1, 0.15) is 31.3 Å². The Hall–Kier alpha value is -2.98. The molecule has 2 rings (SSSR count). The molecule has 0 unspecified atom stereocenters. The van der Waals surface area contributed by atoms with Crippen LogP contribution in [-0.2, 0) is 16.0 Å². The van der Waals surface area contributed by atoms with Gasteiger partial charge in [-0.2, -0.15) is 13.2 Å². The van der Waals surface area contributed by atoms with E-state index in [-0.39, 0.29) is 30.0 Å². The maximum Gasteiger partial charge on any atom is 0.422 e. The molecule has 0 aliphatic carbocycles. The third-order valence-electron chi connectivity index (χ3n) is 3.56. The largest absolute Gasteiger partial charge is 0.468 e. The van der Waals surface area contributed by atoms with Gasteiger partial charge in [0.05, 0.1) is 18.0 Å². The molecule has 160 valence electrons. The zero-order valence-electron chi connectivity index (χ0n) is 16.4. The van der Waals surface area contributed by atoms with Crippen molar-refractivity contribution in [1.29, 1.82) is 0 Å². The lowest BCUT2D eigenvalue weighted by Crippen LogP contribution is -2.34. The van der Waals surface area contributed by atoms with Gasteiger partial charge in [-0.05, 0) is 32.9 Å². The maximum atomic E-state index is 12.5. The fraction of sp³-hybridized carbons (Fsp3) is 0.500. The average molecular weight is 417 g/mol. The predicted octanol–water partition coefficient (Wildman–Crippen LogP) is 3.29. The van der Waals surface area contributed by atoms with E-state index in [9.17, 15) is 22.8 Å². The van der Waals surface area contributed by atoms with E-state index in [0.29, 0.717) is 5.52 Å². The Morgan fingerprint density at radius 3 is 2.52 bits per heavy atom. The van der Waals surface area contributed by atoms with Crippen LogP contribution in [-0.4, -0.2) is 53.7 Å². The molecular weight excluding hydrogens is 395 g/mol. The predicted molar refractivity (Wildman–Crippen MR) is 96.9 cm³/mol. The zero-order chi connectivity index (χ0) is 21.8. The van der Waals surface area contributed by atoms with Gasteiger partial charge in [-0.3, -0.25) is 0 Å². The third kappa shape index (κ3) is 6.26. The lowest BCUT2D eigenvalue weighted by Gasteiger charge is -2.20. The molecule has 0 spiro atoms. The molecule has 0 saturated carbocycles. The van der Waals surface area contributed by atoms with Gasteiger partial charge < -0.3 is 24.1 Å². The molecule has 0 radical (unpaired) electrons. The molecule has 0 fully saturated rings. The van der Waals surface area contributed by atoms with Gasteiger partial charge >= 0.3 is 18.2 Å². The van der Waals surface area contributed by atoms with E-state index in [0.717, 1.165) is 0 Å². The first-order chi connectivity index (χ1) is 13.4. The molecule has 11 heteroatoms. The molecule has 0 aromatic carbocycles. The van der Waals surface area contributed by atoms with E-state index in [1.54, 1.807) is 20.8 Å². The summed E-state index contributed by atoms with van der Waals surface area (Å²) in [7, 11) is 1.18. The van der Waals surface area contributed by atoms with Crippen LogP contribution in [0.4, 0.5) is 18.0 Å². The molecule has 1 amide bonds. The number of nitrogens with one attached hydrogen (secondary N) is 1. The Bertz CT molecular complexity index is 887. The van der Waals surface area contributed by atoms with Crippen molar-refractivity contribution in [1.82, 2.24) is 14.9 Å². The summed E-state index contributed by atoms with van der Waals surface area (Å²) in [6, 6.07) is 2.86. The summed E-state index contributed by atoms with van der Waals surface area (Å²) in [5.74, 6) is -0.955. The van der Waals surface area contributed by atoms with Gasteiger partial charge in [-0.15, -0.1) is 0 Å². The number of pyridine rings is 1. The first kappa shape index (κ1) is 22.3. The van der Waals surface area contributed by atoms with Gasteiger partial charge in [0, 0.05) is 19.3 Å². The van der Waals surface area contributed by atoms with Crippen LogP contribution in [0, 0.1) is 0 Å². The lowest BCUT2D eigenvalue weighted by molar-refractivity contribution is -0.153. The van der Waals surface area contributed by atoms with Crippen LogP contribution < -0.4 is 10.1 Å². The maximum absolute atomic E-state index is 12.5. The van der Waals surface area contributed by atoms with Crippen LogP contribution in [0.5, 0.6) is 5.88 Å². The van der Waals surface area contributed by atoms with E-state index in [1.807, 2.05) is 0 Å². The highest BCUT2D eigenvalue weighted by Crippen LogP contribution is 2.28. The van der Waals surface area contributed by atoms with Crippen LogP contribution in [0.25, 0.3) is 10.9 Å². The van der Waals surface area contributed by atoms with Crippen LogP contribution >= 0.6 is 0 Å². The number of alkyl carbamates (subject to hydrolysis) is 1. The van der Waals surface area contributed by atoms with E-state index in [1.165, 1.54) is 30.0 Å². The molecule has 2 heterocycles. The Morgan fingerprint density at radius 1 is 1.24 bits per heavy atom. The molecule has 0 bridgehead atoms. The summed E-state index contributed by atoms with van der Waals surface area (Å²) < 4.78 is 53.6. The number of hydrogen-bond acceptors (Lipinski definition) is 6. The molecular formula is C18H22F3N3O5. The highest BCUT2D eigenvalue weighted by atomic mass is 19.4. The standard InChI is InChI=1S/C18H22F3N3O5/c1-17(2,3)29-16(26)23-7-8-24-12-5-6-22-14(28-10-18(19,20)21)11(12)9-13(24)15(25)27-4/h5-6,9H,7-8,10H2,1-4H3,(H,23,26). The molecule has 0 aliphatic rings. The number of alkyl halides is 3. The van der Waals surface area contributed by atoms with E-state index in [4.69, 9.17) is 14.2 Å². The monoisotopic (exact) mass is 417 g/mol. The Morgan fingerprint density at radius 2 is 1.93 bits per heavy atom. The smallest absolute Gasteiger partial charge is 0.422 e. The number of ether oxygens (including phenoxy) is 3. The summed E-state index contributed by atoms with van der Waals surface area (Å²) in [6.45, 7) is 3.88. The van der Waals surface area contributed by atoms with E-state index < -0.39 is 30.4 Å². The van der Waals surface area contributed by atoms with E-state index in [2.05, 4.69) is 10.3 Å². The van der Waals surface area contributed by atoms with E-state index >= 15 is 0 Å². The highest BCUT2D eigenvalue weighted by Gasteiger charge is 2.29. The second kappa shape index (κ2) is 8.58. The van der Waals surface area contributed by atoms with Crippen molar-refractivity contribution >= 4 is 23.0 Å². The van der Waals surface area contributed by atoms with Gasteiger partial charge in [0.15, 0.2) is 6.61 Å². The van der Waals surface area contributed by atoms with Crippen LogP contribution in [0.3, 0.4) is 0 Å². The molecule has 2 aromatic rings. The molecule has 8 nitrogen and oxygen atoms in total. The summed E-state index contributed by atoms with van der Waals surface area (Å²) in [4.78, 5) is 27.7. The lowest BCUT2D eigenvalue weighted by atomic mass is 10.2. The van der Waals surface area contributed by atoms with Crippen molar-refractivity contribution in [2.24, 2.45) is 0 Å². The number of methoxy groups -OCH3 is 1. The topological polar surface area (TPSA) is 91.7 Å². The molecule has 0 atom stereocenters. The van der Waals surface area contributed by atoms with Crippen molar-refractivity contribution in [3.63, 3.8) is 0 Å². The van der Waals surface area contributed by atoms with Crippen molar-refractivity contribution in [2.75, 3.05) is 20.3 Å². The first-order valence-electron chi connectivity index (χ1n) is 8.64. The molecule has 1 N–H and O–H groups in total. The van der Waals surface area contributed by atoms with Gasteiger partial charge in [0.2, 0.25) is 5.88 Å². The third-order valence-corrected chi connectivity index (χ3v) is 3.56. The SMILES string of the molecule is COC(=O)c1cc2c(OCC(F)(F)F)nccc2n1CCNC(=O)OC(C)(C)C. The van der Waals surface area contributed by atoms with Gasteiger partial charge in [-0.1, -0.05) is 0 Å². The van der Waals surface area contributed by atoms with Crippen molar-refractivity contribution in [3.8, 4) is 5.88 Å². The number of carbonyl (C=O) groups excluding carboxylic acids is 2. The summed E-state index contributed by atoms with van der Waals surface area (Å²) in [6.07, 6.45) is -3.90. The minimum atomic E-state index is -4.53. The molecule has 2 aromatic heterocycles. The highest BCUT2D eigenvalue weighted by molar-refractivity contribution is 5.97. The molecule has 29 heavy (non-hydrogen) atoms. The number of fused-ring (bicyclic) bond motifs is 1. The quantitative estimate of drug-likeness (QED) is 0.726. The number of hydrogen-bond donors (Lipinski definition) is 1. The molecule has 0 aliphatic heterocycles. The Labute approximate surface area is 164 Å². The number of halogens is 3. The number of carbonyl (C=O) groups is 2. The van der Waals surface area contributed by atoms with Gasteiger partial charge in [0.1, 0.15) is 11.3 Å². The average Bonchev–Trinajstić information content (AvgIpc) is 2.96. The summed E-state index contributed by atoms with van der Waals surface area (Å²) in [5, 5.41) is 2.77. The van der Waals surface area contributed by atoms with Crippen molar-refractivity contribution in [2.45, 2.75) is 39.1 Å². The van der Waals surface area contributed by atoms with Crippen molar-refractivity contribution < 1.29 is 37.0 Å². The second-order valence-electron chi connectivity index (χ2n) is 7.05. The summed E-state index contributed by atoms with van der Waals surface area (Å²) in [5.41, 5.74) is -0.181. The number of rotatable bonds is 6. The number of amides is 1. The fourth-order valence-electron chi connectivity index (χ4n) is 2.52. The number of esters is 1. The van der Waals surface area contributed by atoms with Crippen LogP contribution in [0.15, 0.2) is 18.3 Å². The number of aromatic nitrogens is 2. The normalized spacial score (nSPS) is 12.0.